The van der Waals surface area contributed by atoms with Crippen LogP contribution in [-0.4, -0.2) is 62.0 Å². The molecule has 0 saturated heterocycles. The first-order valence-electron chi connectivity index (χ1n) is 7.98. The monoisotopic (exact) mass is 456 g/mol. The topological polar surface area (TPSA) is 56.7 Å². The van der Waals surface area contributed by atoms with Crippen LogP contribution in [0.5, 0.6) is 0 Å². The Kier molecular flexibility index (Phi) is 9.88. The lowest BCUT2D eigenvalue weighted by Gasteiger charge is -2.32. The molecule has 1 aliphatic rings. The first-order chi connectivity index (χ1) is 10.3. The molecule has 0 atom stereocenters. The average Bonchev–Trinajstić information content (AvgIpc) is 2.96. The van der Waals surface area contributed by atoms with Crippen molar-refractivity contribution in [3.63, 3.8) is 0 Å². The number of nitrogens with one attached hydrogen (secondary N) is 2. The molecule has 0 heterocycles. The van der Waals surface area contributed by atoms with E-state index in [2.05, 4.69) is 35.7 Å². The largest absolute Gasteiger partial charge is 0.355 e. The Morgan fingerprint density at radius 3 is 2.26 bits per heavy atom. The Labute approximate surface area is 162 Å². The van der Waals surface area contributed by atoms with Crippen LogP contribution in [0.1, 0.15) is 39.5 Å². The van der Waals surface area contributed by atoms with Gasteiger partial charge in [0.25, 0.3) is 0 Å². The first kappa shape index (κ1) is 22.8. The molecule has 0 spiro atoms. The predicted molar refractivity (Wildman–Crippen MR) is 112 cm³/mol. The minimum atomic E-state index is -0.268. The van der Waals surface area contributed by atoms with Gasteiger partial charge >= 0.3 is 0 Å². The van der Waals surface area contributed by atoms with E-state index in [9.17, 15) is 4.79 Å². The van der Waals surface area contributed by atoms with Crippen LogP contribution >= 0.6 is 35.7 Å². The molecule has 1 fully saturated rings. The van der Waals surface area contributed by atoms with Crippen LogP contribution < -0.4 is 10.6 Å². The summed E-state index contributed by atoms with van der Waals surface area (Å²) in [5.74, 6) is 1.01. The zero-order chi connectivity index (χ0) is 16.8. The molecule has 0 aromatic heterocycles. The third kappa shape index (κ3) is 6.68. The highest BCUT2D eigenvalue weighted by Crippen LogP contribution is 2.38. The molecular formula is C16H33IN4OS. The Morgan fingerprint density at radius 1 is 1.26 bits per heavy atom. The summed E-state index contributed by atoms with van der Waals surface area (Å²) >= 11 is 1.82. The molecule has 0 radical (unpaired) electrons. The number of amides is 1. The third-order valence-corrected chi connectivity index (χ3v) is 5.72. The van der Waals surface area contributed by atoms with E-state index in [1.807, 2.05) is 25.9 Å². The number of guanidine groups is 1. The van der Waals surface area contributed by atoms with Gasteiger partial charge in [-0.25, -0.2) is 0 Å². The summed E-state index contributed by atoms with van der Waals surface area (Å²) in [4.78, 5) is 18.6. The van der Waals surface area contributed by atoms with Crippen LogP contribution in [0.3, 0.4) is 0 Å². The first-order valence-corrected chi connectivity index (χ1v) is 9.20. The van der Waals surface area contributed by atoms with Gasteiger partial charge in [0, 0.05) is 39.0 Å². The number of hydrogen-bond acceptors (Lipinski definition) is 3. The van der Waals surface area contributed by atoms with Crippen LogP contribution in [-0.2, 0) is 4.79 Å². The van der Waals surface area contributed by atoms with E-state index in [0.29, 0.717) is 6.54 Å². The van der Waals surface area contributed by atoms with E-state index in [1.54, 1.807) is 11.9 Å². The molecule has 0 bridgehead atoms. The molecule has 1 saturated carbocycles. The lowest BCUT2D eigenvalue weighted by Crippen LogP contribution is -2.50. The Hall–Kier alpha value is -0.180. The summed E-state index contributed by atoms with van der Waals surface area (Å²) < 4.78 is 0.155. The second-order valence-corrected chi connectivity index (χ2v) is 8.44. The van der Waals surface area contributed by atoms with Gasteiger partial charge in [0.05, 0.1) is 5.41 Å². The van der Waals surface area contributed by atoms with Gasteiger partial charge < -0.3 is 15.5 Å². The van der Waals surface area contributed by atoms with E-state index in [-0.39, 0.29) is 40.0 Å². The lowest BCUT2D eigenvalue weighted by atomic mass is 9.84. The molecule has 23 heavy (non-hydrogen) atoms. The maximum absolute atomic E-state index is 12.6. The maximum Gasteiger partial charge on any atom is 0.230 e. The number of nitrogens with zero attached hydrogens (tertiary/aromatic N) is 2. The van der Waals surface area contributed by atoms with Crippen molar-refractivity contribution < 1.29 is 4.79 Å². The quantitative estimate of drug-likeness (QED) is 0.367. The van der Waals surface area contributed by atoms with E-state index >= 15 is 0 Å². The number of rotatable bonds is 6. The standard InChI is InChI=1S/C16H32N4OS.HI/c1-15(2,22-6)11-18-14(17-3)19-12-16(9-7-8-10-16)13(21)20(4)5;/h7-12H2,1-6H3,(H2,17,18,19);1H. The van der Waals surface area contributed by atoms with Crippen molar-refractivity contribution in [1.29, 1.82) is 0 Å². The van der Waals surface area contributed by atoms with Gasteiger partial charge in [-0.15, -0.1) is 24.0 Å². The smallest absolute Gasteiger partial charge is 0.230 e. The molecule has 0 aliphatic heterocycles. The fourth-order valence-electron chi connectivity index (χ4n) is 2.83. The van der Waals surface area contributed by atoms with Crippen LogP contribution in [0.2, 0.25) is 0 Å². The highest BCUT2D eigenvalue weighted by Gasteiger charge is 2.42. The van der Waals surface area contributed by atoms with Crippen molar-refractivity contribution in [3.05, 3.63) is 0 Å². The molecule has 5 nitrogen and oxygen atoms in total. The van der Waals surface area contributed by atoms with Crippen LogP contribution in [0.4, 0.5) is 0 Å². The van der Waals surface area contributed by atoms with Crippen molar-refractivity contribution in [1.82, 2.24) is 15.5 Å². The van der Waals surface area contributed by atoms with Crippen LogP contribution in [0.15, 0.2) is 4.99 Å². The minimum Gasteiger partial charge on any atom is -0.355 e. The number of thioether (sulfide) groups is 1. The number of carbonyl (C=O) groups excluding carboxylic acids is 1. The molecule has 1 aliphatic carbocycles. The third-order valence-electron chi connectivity index (χ3n) is 4.47. The number of aliphatic imine (C=N–C) groups is 1. The second kappa shape index (κ2) is 9.96. The second-order valence-electron chi connectivity index (χ2n) is 6.93. The van der Waals surface area contributed by atoms with Gasteiger partial charge in [0.1, 0.15) is 0 Å². The zero-order valence-electron chi connectivity index (χ0n) is 15.4. The molecule has 1 amide bonds. The molecule has 7 heteroatoms. The van der Waals surface area contributed by atoms with E-state index < -0.39 is 0 Å². The summed E-state index contributed by atoms with van der Waals surface area (Å²) in [6, 6.07) is 0. The lowest BCUT2D eigenvalue weighted by molar-refractivity contribution is -0.138. The normalized spacial score (nSPS) is 17.4. The molecule has 136 valence electrons. The van der Waals surface area contributed by atoms with Crippen molar-refractivity contribution in [2.45, 2.75) is 44.3 Å². The molecule has 1 rings (SSSR count). The number of hydrogen-bond donors (Lipinski definition) is 2. The van der Waals surface area contributed by atoms with Crippen molar-refractivity contribution in [2.24, 2.45) is 10.4 Å². The maximum atomic E-state index is 12.6. The zero-order valence-corrected chi connectivity index (χ0v) is 18.5. The SMILES string of the molecule is CN=C(NCC(C)(C)SC)NCC1(C(=O)N(C)C)CCCC1.I. The molecule has 0 aromatic carbocycles. The summed E-state index contributed by atoms with van der Waals surface area (Å²) in [7, 11) is 5.46. The fourth-order valence-corrected chi connectivity index (χ4v) is 3.05. The predicted octanol–water partition coefficient (Wildman–Crippen LogP) is 2.56. The van der Waals surface area contributed by atoms with E-state index in [0.717, 1.165) is 38.2 Å². The van der Waals surface area contributed by atoms with Gasteiger partial charge in [0.2, 0.25) is 5.91 Å². The number of halogens is 1. The molecule has 0 unspecified atom stereocenters. The van der Waals surface area contributed by atoms with E-state index in [1.165, 1.54) is 0 Å². The Bertz CT molecular complexity index is 407. The average molecular weight is 456 g/mol. The van der Waals surface area contributed by atoms with E-state index in [4.69, 9.17) is 0 Å². The Morgan fingerprint density at radius 2 is 1.83 bits per heavy atom. The van der Waals surface area contributed by atoms with Crippen molar-refractivity contribution in [3.8, 4) is 0 Å². The summed E-state index contributed by atoms with van der Waals surface area (Å²) in [5.41, 5.74) is -0.268. The number of carbonyl (C=O) groups is 1. The summed E-state index contributed by atoms with van der Waals surface area (Å²) in [6.45, 7) is 5.89. The van der Waals surface area contributed by atoms with Gasteiger partial charge in [-0.05, 0) is 32.9 Å². The summed E-state index contributed by atoms with van der Waals surface area (Å²) in [6.07, 6.45) is 6.30. The fraction of sp³-hybridized carbons (Fsp3) is 0.875. The molecule has 2 N–H and O–H groups in total. The molecular weight excluding hydrogens is 423 g/mol. The highest BCUT2D eigenvalue weighted by atomic mass is 127. The minimum absolute atomic E-state index is 0. The summed E-state index contributed by atoms with van der Waals surface area (Å²) in [5, 5.41) is 6.73. The van der Waals surface area contributed by atoms with Crippen molar-refractivity contribution in [2.75, 3.05) is 40.5 Å². The molecule has 0 aromatic rings. The van der Waals surface area contributed by atoms with Gasteiger partial charge in [-0.3, -0.25) is 9.79 Å². The van der Waals surface area contributed by atoms with Crippen molar-refractivity contribution >= 4 is 47.6 Å². The van der Waals surface area contributed by atoms with Crippen LogP contribution in [0.25, 0.3) is 0 Å². The van der Waals surface area contributed by atoms with Gasteiger partial charge in [-0.2, -0.15) is 11.8 Å². The van der Waals surface area contributed by atoms with Gasteiger partial charge in [0.15, 0.2) is 5.96 Å². The highest BCUT2D eigenvalue weighted by molar-refractivity contribution is 14.0. The Balaban J connectivity index is 0.00000484. The van der Waals surface area contributed by atoms with Crippen LogP contribution in [0, 0.1) is 5.41 Å². The van der Waals surface area contributed by atoms with Gasteiger partial charge in [-0.1, -0.05) is 12.8 Å².